The third-order valence-electron chi connectivity index (χ3n) is 3.16. The monoisotopic (exact) mass is 256 g/mol. The summed E-state index contributed by atoms with van der Waals surface area (Å²) in [5.41, 5.74) is 4.23. The largest absolute Gasteiger partial charge is 0.508 e. The number of anilines is 2. The summed E-state index contributed by atoms with van der Waals surface area (Å²) in [5, 5.41) is 13.0. The van der Waals surface area contributed by atoms with Gasteiger partial charge in [0.2, 0.25) is 0 Å². The van der Waals surface area contributed by atoms with Crippen molar-refractivity contribution in [2.45, 2.75) is 13.5 Å². The predicted octanol–water partition coefficient (Wildman–Crippen LogP) is 3.38. The lowest BCUT2D eigenvalue weighted by Crippen LogP contribution is -2.08. The number of nitrogens with zero attached hydrogens (tertiary/aromatic N) is 1. The molecule has 0 heterocycles. The summed E-state index contributed by atoms with van der Waals surface area (Å²) >= 11 is 0. The van der Waals surface area contributed by atoms with E-state index in [1.165, 1.54) is 11.3 Å². The zero-order valence-corrected chi connectivity index (χ0v) is 11.6. The van der Waals surface area contributed by atoms with Crippen LogP contribution in [0.5, 0.6) is 5.75 Å². The summed E-state index contributed by atoms with van der Waals surface area (Å²) in [4.78, 5) is 2.08. The van der Waals surface area contributed by atoms with Crippen LogP contribution in [0.3, 0.4) is 0 Å². The van der Waals surface area contributed by atoms with Crippen LogP contribution < -0.4 is 10.2 Å². The molecule has 0 spiro atoms. The summed E-state index contributed by atoms with van der Waals surface area (Å²) in [5.74, 6) is 0.327. The van der Waals surface area contributed by atoms with E-state index in [-0.39, 0.29) is 0 Å². The minimum atomic E-state index is 0.327. The van der Waals surface area contributed by atoms with Crippen LogP contribution in [-0.4, -0.2) is 19.2 Å². The fourth-order valence-electron chi connectivity index (χ4n) is 1.84. The van der Waals surface area contributed by atoms with Crippen molar-refractivity contribution in [3.8, 4) is 5.75 Å². The van der Waals surface area contributed by atoms with Crippen LogP contribution in [0.2, 0.25) is 0 Å². The van der Waals surface area contributed by atoms with E-state index in [9.17, 15) is 5.11 Å². The maximum atomic E-state index is 9.65. The molecule has 100 valence electrons. The Kier molecular flexibility index (Phi) is 3.95. The quantitative estimate of drug-likeness (QED) is 0.880. The molecule has 2 aromatic carbocycles. The normalized spacial score (nSPS) is 10.3. The lowest BCUT2D eigenvalue weighted by atomic mass is 10.1. The number of rotatable bonds is 4. The van der Waals surface area contributed by atoms with Gasteiger partial charge in [0.05, 0.1) is 0 Å². The minimum absolute atomic E-state index is 0.327. The second-order valence-corrected chi connectivity index (χ2v) is 4.92. The van der Waals surface area contributed by atoms with Crippen molar-refractivity contribution in [3.63, 3.8) is 0 Å². The van der Waals surface area contributed by atoms with Crippen molar-refractivity contribution in [1.82, 2.24) is 0 Å². The fraction of sp³-hybridized carbons (Fsp3) is 0.250. The molecule has 0 amide bonds. The summed E-state index contributed by atoms with van der Waals surface area (Å²) in [6.45, 7) is 2.63. The van der Waals surface area contributed by atoms with Crippen LogP contribution in [0, 0.1) is 6.92 Å². The Morgan fingerprint density at radius 2 is 1.74 bits per heavy atom. The maximum Gasteiger partial charge on any atom is 0.120 e. The molecule has 2 rings (SSSR count). The molecule has 2 aromatic rings. The molecule has 3 nitrogen and oxygen atoms in total. The number of aromatic hydroxyl groups is 1. The molecule has 0 aliphatic rings. The number of hydrogen-bond donors (Lipinski definition) is 2. The van der Waals surface area contributed by atoms with Gasteiger partial charge in [0.1, 0.15) is 5.75 Å². The van der Waals surface area contributed by atoms with Gasteiger partial charge in [0.25, 0.3) is 0 Å². The second kappa shape index (κ2) is 5.65. The van der Waals surface area contributed by atoms with Crippen LogP contribution in [0.1, 0.15) is 11.1 Å². The SMILES string of the molecule is Cc1ccc(NCc2ccc(N(C)C)cc2)cc1O. The Morgan fingerprint density at radius 3 is 2.32 bits per heavy atom. The molecule has 19 heavy (non-hydrogen) atoms. The molecule has 0 radical (unpaired) electrons. The van der Waals surface area contributed by atoms with Gasteiger partial charge in [-0.1, -0.05) is 18.2 Å². The highest BCUT2D eigenvalue weighted by Crippen LogP contribution is 2.21. The number of phenolic OH excluding ortho intramolecular Hbond substituents is 1. The highest BCUT2D eigenvalue weighted by Gasteiger charge is 1.99. The molecular weight excluding hydrogens is 236 g/mol. The van der Waals surface area contributed by atoms with E-state index in [0.29, 0.717) is 5.75 Å². The summed E-state index contributed by atoms with van der Waals surface area (Å²) in [6, 6.07) is 14.1. The van der Waals surface area contributed by atoms with E-state index in [1.54, 1.807) is 6.07 Å². The van der Waals surface area contributed by atoms with E-state index in [1.807, 2.05) is 33.2 Å². The third-order valence-corrected chi connectivity index (χ3v) is 3.16. The molecule has 3 heteroatoms. The van der Waals surface area contributed by atoms with E-state index in [2.05, 4.69) is 34.5 Å². The predicted molar refractivity (Wildman–Crippen MR) is 80.9 cm³/mol. The van der Waals surface area contributed by atoms with E-state index >= 15 is 0 Å². The zero-order valence-electron chi connectivity index (χ0n) is 11.6. The van der Waals surface area contributed by atoms with Crippen molar-refractivity contribution in [1.29, 1.82) is 0 Å². The zero-order chi connectivity index (χ0) is 13.8. The molecular formula is C16H20N2O. The molecule has 0 atom stereocenters. The fourth-order valence-corrected chi connectivity index (χ4v) is 1.84. The topological polar surface area (TPSA) is 35.5 Å². The average molecular weight is 256 g/mol. The van der Waals surface area contributed by atoms with Crippen LogP contribution in [-0.2, 0) is 6.54 Å². The van der Waals surface area contributed by atoms with E-state index in [0.717, 1.165) is 17.8 Å². The van der Waals surface area contributed by atoms with Crippen LogP contribution in [0.15, 0.2) is 42.5 Å². The first kappa shape index (κ1) is 13.3. The average Bonchev–Trinajstić information content (AvgIpc) is 2.40. The summed E-state index contributed by atoms with van der Waals surface area (Å²) in [7, 11) is 4.06. The third kappa shape index (κ3) is 3.41. The first-order chi connectivity index (χ1) is 9.06. The van der Waals surface area contributed by atoms with Gasteiger partial charge in [-0.25, -0.2) is 0 Å². The van der Waals surface area contributed by atoms with Crippen LogP contribution in [0.4, 0.5) is 11.4 Å². The van der Waals surface area contributed by atoms with Crippen molar-refractivity contribution >= 4 is 11.4 Å². The minimum Gasteiger partial charge on any atom is -0.508 e. The van der Waals surface area contributed by atoms with Crippen molar-refractivity contribution in [3.05, 3.63) is 53.6 Å². The van der Waals surface area contributed by atoms with Gasteiger partial charge >= 0.3 is 0 Å². The van der Waals surface area contributed by atoms with Crippen LogP contribution >= 0.6 is 0 Å². The first-order valence-electron chi connectivity index (χ1n) is 6.36. The Balaban J connectivity index is 2.00. The Bertz CT molecular complexity index is 547. The maximum absolute atomic E-state index is 9.65. The summed E-state index contributed by atoms with van der Waals surface area (Å²) in [6.07, 6.45) is 0. The molecule has 0 unspecified atom stereocenters. The molecule has 0 bridgehead atoms. The van der Waals surface area contributed by atoms with Gasteiger partial charge in [-0.2, -0.15) is 0 Å². The second-order valence-electron chi connectivity index (χ2n) is 4.92. The number of hydrogen-bond acceptors (Lipinski definition) is 3. The van der Waals surface area contributed by atoms with Gasteiger partial charge in [-0.15, -0.1) is 0 Å². The van der Waals surface area contributed by atoms with Crippen molar-refractivity contribution in [2.24, 2.45) is 0 Å². The van der Waals surface area contributed by atoms with Gasteiger partial charge in [0, 0.05) is 38.1 Å². The summed E-state index contributed by atoms with van der Waals surface area (Å²) < 4.78 is 0. The lowest BCUT2D eigenvalue weighted by Gasteiger charge is -2.13. The van der Waals surface area contributed by atoms with Gasteiger partial charge in [-0.05, 0) is 36.2 Å². The molecule has 2 N–H and O–H groups in total. The first-order valence-corrected chi connectivity index (χ1v) is 6.36. The number of aryl methyl sites for hydroxylation is 1. The van der Waals surface area contributed by atoms with Crippen molar-refractivity contribution < 1.29 is 5.11 Å². The number of nitrogens with one attached hydrogen (secondary N) is 1. The van der Waals surface area contributed by atoms with E-state index in [4.69, 9.17) is 0 Å². The molecule has 0 aliphatic heterocycles. The van der Waals surface area contributed by atoms with Gasteiger partial charge in [-0.3, -0.25) is 0 Å². The standard InChI is InChI=1S/C16H20N2O/c1-12-4-7-14(10-16(12)19)17-11-13-5-8-15(9-6-13)18(2)3/h4-10,17,19H,11H2,1-3H3. The molecule has 0 aliphatic carbocycles. The molecule has 0 aromatic heterocycles. The Labute approximate surface area is 114 Å². The molecule has 0 fully saturated rings. The van der Waals surface area contributed by atoms with Gasteiger partial charge < -0.3 is 15.3 Å². The number of benzene rings is 2. The van der Waals surface area contributed by atoms with Crippen LogP contribution in [0.25, 0.3) is 0 Å². The van der Waals surface area contributed by atoms with Gasteiger partial charge in [0.15, 0.2) is 0 Å². The smallest absolute Gasteiger partial charge is 0.120 e. The number of phenols is 1. The molecule has 0 saturated carbocycles. The Hall–Kier alpha value is -2.16. The Morgan fingerprint density at radius 1 is 1.05 bits per heavy atom. The van der Waals surface area contributed by atoms with E-state index < -0.39 is 0 Å². The molecule has 0 saturated heterocycles. The van der Waals surface area contributed by atoms with Crippen molar-refractivity contribution in [2.75, 3.05) is 24.3 Å². The highest BCUT2D eigenvalue weighted by atomic mass is 16.3. The lowest BCUT2D eigenvalue weighted by molar-refractivity contribution is 0.471. The highest BCUT2D eigenvalue weighted by molar-refractivity contribution is 5.52.